The fourth-order valence-electron chi connectivity index (χ4n) is 2.22. The first-order valence-electron chi connectivity index (χ1n) is 6.19. The lowest BCUT2D eigenvalue weighted by molar-refractivity contribution is 0.560. The van der Waals surface area contributed by atoms with Gasteiger partial charge in [-0.15, -0.1) is 0 Å². The van der Waals surface area contributed by atoms with Gasteiger partial charge in [-0.3, -0.25) is 0 Å². The lowest BCUT2D eigenvalue weighted by Crippen LogP contribution is -2.37. The summed E-state index contributed by atoms with van der Waals surface area (Å²) in [5.41, 5.74) is 2.44. The molecule has 1 aromatic rings. The minimum Gasteiger partial charge on any atom is -0.384 e. The van der Waals surface area contributed by atoms with E-state index in [1.165, 1.54) is 5.56 Å². The van der Waals surface area contributed by atoms with Crippen LogP contribution in [0.1, 0.15) is 24.8 Å². The van der Waals surface area contributed by atoms with Crippen LogP contribution >= 0.6 is 0 Å². The summed E-state index contributed by atoms with van der Waals surface area (Å²) in [5, 5.41) is 3.33. The number of fused-ring (bicyclic) bond motifs is 1. The van der Waals surface area contributed by atoms with Gasteiger partial charge in [-0.25, -0.2) is 9.44 Å². The van der Waals surface area contributed by atoms with E-state index in [2.05, 4.69) is 26.9 Å². The Morgan fingerprint density at radius 1 is 1.33 bits per heavy atom. The van der Waals surface area contributed by atoms with Crippen LogP contribution in [-0.4, -0.2) is 28.1 Å². The van der Waals surface area contributed by atoms with E-state index in [4.69, 9.17) is 0 Å². The molecule has 0 spiro atoms. The summed E-state index contributed by atoms with van der Waals surface area (Å²) in [6.45, 7) is 3.50. The molecule has 1 heterocycles. The van der Waals surface area contributed by atoms with Gasteiger partial charge in [-0.1, -0.05) is 25.1 Å². The van der Waals surface area contributed by atoms with Crippen molar-refractivity contribution in [3.05, 3.63) is 29.8 Å². The quantitative estimate of drug-likeness (QED) is 0.722. The smallest absolute Gasteiger partial charge is 0.276 e. The molecule has 1 aliphatic rings. The van der Waals surface area contributed by atoms with Crippen molar-refractivity contribution >= 4 is 15.9 Å². The predicted octanol–water partition coefficient (Wildman–Crippen LogP) is 1.03. The van der Waals surface area contributed by atoms with Gasteiger partial charge in [0.2, 0.25) is 0 Å². The second kappa shape index (κ2) is 5.69. The van der Waals surface area contributed by atoms with E-state index in [9.17, 15) is 8.42 Å². The highest BCUT2D eigenvalue weighted by Crippen LogP contribution is 2.32. The van der Waals surface area contributed by atoms with Gasteiger partial charge >= 0.3 is 0 Å². The first kappa shape index (κ1) is 13.3. The summed E-state index contributed by atoms with van der Waals surface area (Å²) in [5.74, 6) is 0.380. The van der Waals surface area contributed by atoms with E-state index >= 15 is 0 Å². The molecular weight excluding hydrogens is 250 g/mol. The van der Waals surface area contributed by atoms with Crippen molar-refractivity contribution < 1.29 is 8.42 Å². The van der Waals surface area contributed by atoms with Gasteiger partial charge in [0.05, 0.1) is 0 Å². The van der Waals surface area contributed by atoms with Gasteiger partial charge in [-0.2, -0.15) is 8.42 Å². The van der Waals surface area contributed by atoms with Crippen LogP contribution in [0, 0.1) is 0 Å². The summed E-state index contributed by atoms with van der Waals surface area (Å²) in [4.78, 5) is 0. The molecule has 1 unspecified atom stereocenters. The molecule has 0 aliphatic carbocycles. The summed E-state index contributed by atoms with van der Waals surface area (Å²) in [6, 6.07) is 8.17. The zero-order valence-corrected chi connectivity index (χ0v) is 11.3. The average molecular weight is 269 g/mol. The standard InChI is InChI=1S/C12H19N3O2S/c1-2-14-18(16,17)15-8-7-10-9-13-12-6-4-3-5-11(10)12/h3-6,10,13-15H,2,7-9H2,1H3. The average Bonchev–Trinajstić information content (AvgIpc) is 2.73. The predicted molar refractivity (Wildman–Crippen MR) is 72.9 cm³/mol. The number of nitrogens with one attached hydrogen (secondary N) is 3. The van der Waals surface area contributed by atoms with Gasteiger partial charge in [0.1, 0.15) is 0 Å². The number of rotatable bonds is 6. The maximum absolute atomic E-state index is 11.4. The minimum atomic E-state index is -3.32. The molecule has 1 aromatic carbocycles. The minimum absolute atomic E-state index is 0.380. The Morgan fingerprint density at radius 3 is 2.89 bits per heavy atom. The van der Waals surface area contributed by atoms with Crippen molar-refractivity contribution in [2.75, 3.05) is 25.0 Å². The highest BCUT2D eigenvalue weighted by atomic mass is 32.2. The fourth-order valence-corrected chi connectivity index (χ4v) is 3.09. The number of para-hydroxylation sites is 1. The van der Waals surface area contributed by atoms with E-state index in [0.29, 0.717) is 19.0 Å². The Morgan fingerprint density at radius 2 is 2.11 bits per heavy atom. The molecule has 0 aromatic heterocycles. The van der Waals surface area contributed by atoms with Crippen LogP contribution in [0.3, 0.4) is 0 Å². The van der Waals surface area contributed by atoms with Crippen molar-refractivity contribution in [3.63, 3.8) is 0 Å². The summed E-state index contributed by atoms with van der Waals surface area (Å²) in [6.07, 6.45) is 0.800. The van der Waals surface area contributed by atoms with Crippen LogP contribution in [0.15, 0.2) is 24.3 Å². The molecule has 0 saturated carbocycles. The molecule has 5 nitrogen and oxygen atoms in total. The third-order valence-electron chi connectivity index (χ3n) is 3.06. The Kier molecular flexibility index (Phi) is 4.21. The molecule has 6 heteroatoms. The van der Waals surface area contributed by atoms with Crippen LogP contribution in [0.25, 0.3) is 0 Å². The lowest BCUT2D eigenvalue weighted by Gasteiger charge is -2.11. The van der Waals surface area contributed by atoms with Crippen LogP contribution < -0.4 is 14.8 Å². The second-order valence-electron chi connectivity index (χ2n) is 4.35. The number of hydrogen-bond acceptors (Lipinski definition) is 3. The number of benzene rings is 1. The van der Waals surface area contributed by atoms with Crippen molar-refractivity contribution in [2.45, 2.75) is 19.3 Å². The molecular formula is C12H19N3O2S. The largest absolute Gasteiger partial charge is 0.384 e. The molecule has 0 radical (unpaired) electrons. The van der Waals surface area contributed by atoms with E-state index in [0.717, 1.165) is 18.7 Å². The van der Waals surface area contributed by atoms with Crippen molar-refractivity contribution in [1.82, 2.24) is 9.44 Å². The molecule has 1 atom stereocenters. The van der Waals surface area contributed by atoms with Crippen molar-refractivity contribution in [1.29, 1.82) is 0 Å². The molecule has 3 N–H and O–H groups in total. The van der Waals surface area contributed by atoms with Gasteiger partial charge in [0, 0.05) is 31.2 Å². The van der Waals surface area contributed by atoms with Gasteiger partial charge in [0.15, 0.2) is 0 Å². The Balaban J connectivity index is 1.86. The molecule has 1 aliphatic heterocycles. The van der Waals surface area contributed by atoms with Crippen LogP contribution in [0.4, 0.5) is 5.69 Å². The molecule has 0 saturated heterocycles. The molecule has 0 fully saturated rings. The second-order valence-corrected chi connectivity index (χ2v) is 5.93. The highest BCUT2D eigenvalue weighted by molar-refractivity contribution is 7.87. The molecule has 0 bridgehead atoms. The molecule has 0 amide bonds. The van der Waals surface area contributed by atoms with Gasteiger partial charge in [0.25, 0.3) is 10.2 Å². The zero-order chi connectivity index (χ0) is 13.0. The maximum Gasteiger partial charge on any atom is 0.276 e. The Hall–Kier alpha value is -1.11. The molecule has 18 heavy (non-hydrogen) atoms. The molecule has 2 rings (SSSR count). The normalized spacial score (nSPS) is 18.4. The summed E-state index contributed by atoms with van der Waals surface area (Å²) in [7, 11) is -3.32. The van der Waals surface area contributed by atoms with Crippen molar-refractivity contribution in [2.24, 2.45) is 0 Å². The Labute approximate surface area is 108 Å². The first-order chi connectivity index (χ1) is 8.62. The van der Waals surface area contributed by atoms with E-state index < -0.39 is 10.2 Å². The lowest BCUT2D eigenvalue weighted by atomic mass is 9.98. The topological polar surface area (TPSA) is 70.2 Å². The fraction of sp³-hybridized carbons (Fsp3) is 0.500. The van der Waals surface area contributed by atoms with Crippen LogP contribution in [0.5, 0.6) is 0 Å². The number of hydrogen-bond donors (Lipinski definition) is 3. The SMILES string of the molecule is CCNS(=O)(=O)NCCC1CNc2ccccc21. The highest BCUT2D eigenvalue weighted by Gasteiger charge is 2.21. The first-order valence-corrected chi connectivity index (χ1v) is 7.68. The van der Waals surface area contributed by atoms with E-state index in [1.807, 2.05) is 12.1 Å². The van der Waals surface area contributed by atoms with Crippen LogP contribution in [-0.2, 0) is 10.2 Å². The van der Waals surface area contributed by atoms with E-state index in [-0.39, 0.29) is 0 Å². The monoisotopic (exact) mass is 269 g/mol. The van der Waals surface area contributed by atoms with E-state index in [1.54, 1.807) is 6.92 Å². The summed E-state index contributed by atoms with van der Waals surface area (Å²) >= 11 is 0. The summed E-state index contributed by atoms with van der Waals surface area (Å²) < 4.78 is 27.8. The third-order valence-corrected chi connectivity index (χ3v) is 4.31. The van der Waals surface area contributed by atoms with Gasteiger partial charge in [-0.05, 0) is 18.1 Å². The van der Waals surface area contributed by atoms with Crippen LogP contribution in [0.2, 0.25) is 0 Å². The molecule has 100 valence electrons. The maximum atomic E-state index is 11.4. The Bertz CT molecular complexity index is 502. The third kappa shape index (κ3) is 3.22. The number of anilines is 1. The van der Waals surface area contributed by atoms with Gasteiger partial charge < -0.3 is 5.32 Å². The zero-order valence-electron chi connectivity index (χ0n) is 10.4. The van der Waals surface area contributed by atoms with Crippen molar-refractivity contribution in [3.8, 4) is 0 Å².